The van der Waals surface area contributed by atoms with Gasteiger partial charge in [0.05, 0.1) is 0 Å². The molecule has 0 radical (unpaired) electrons. The van der Waals surface area contributed by atoms with Crippen LogP contribution >= 0.6 is 0 Å². The summed E-state index contributed by atoms with van der Waals surface area (Å²) in [6, 6.07) is 44.0. The largest absolute Gasteiger partial charge is 0.0622 e. The lowest BCUT2D eigenvalue weighted by atomic mass is 9.72. The Balaban J connectivity index is 1.93. The first-order valence-corrected chi connectivity index (χ1v) is 12.4. The van der Waals surface area contributed by atoms with E-state index in [9.17, 15) is 0 Å². The molecule has 168 valence electrons. The summed E-state index contributed by atoms with van der Waals surface area (Å²) in [5.74, 6) is 1.15. The van der Waals surface area contributed by atoms with Gasteiger partial charge in [0.2, 0.25) is 0 Å². The Morgan fingerprint density at radius 1 is 0.382 bits per heavy atom. The summed E-state index contributed by atoms with van der Waals surface area (Å²) < 4.78 is 0. The van der Waals surface area contributed by atoms with Crippen LogP contribution in [-0.4, -0.2) is 0 Å². The molecule has 0 nitrogen and oxygen atoms in total. The van der Waals surface area contributed by atoms with Crippen LogP contribution in [0, 0.1) is 11.8 Å². The Kier molecular flexibility index (Phi) is 6.58. The topological polar surface area (TPSA) is 0 Å². The van der Waals surface area contributed by atoms with E-state index in [1.54, 1.807) is 0 Å². The van der Waals surface area contributed by atoms with E-state index in [0.29, 0.717) is 11.8 Å². The Morgan fingerprint density at radius 2 is 0.647 bits per heavy atom. The van der Waals surface area contributed by atoms with Gasteiger partial charge in [-0.15, -0.1) is 0 Å². The van der Waals surface area contributed by atoms with Crippen molar-refractivity contribution in [2.24, 2.45) is 11.8 Å². The summed E-state index contributed by atoms with van der Waals surface area (Å²) in [7, 11) is 0. The molecule has 0 N–H and O–H groups in total. The maximum Gasteiger partial charge on any atom is -0.00642 e. The lowest BCUT2D eigenvalue weighted by molar-refractivity contribution is 0.403. The van der Waals surface area contributed by atoms with Gasteiger partial charge in [-0.3, -0.25) is 0 Å². The van der Waals surface area contributed by atoms with E-state index in [1.165, 1.54) is 44.5 Å². The molecule has 0 unspecified atom stereocenters. The van der Waals surface area contributed by atoms with Crippen LogP contribution in [0.3, 0.4) is 0 Å². The van der Waals surface area contributed by atoms with Crippen molar-refractivity contribution in [3.63, 3.8) is 0 Å². The highest BCUT2D eigenvalue weighted by atomic mass is 14.3. The lowest BCUT2D eigenvalue weighted by Gasteiger charge is -2.31. The molecule has 5 rings (SSSR count). The van der Waals surface area contributed by atoms with Crippen LogP contribution in [0.15, 0.2) is 121 Å². The maximum absolute atomic E-state index is 2.42. The Bertz CT molecular complexity index is 1170. The van der Waals surface area contributed by atoms with Gasteiger partial charge >= 0.3 is 0 Å². The minimum absolute atomic E-state index is 0.574. The second-order valence-corrected chi connectivity index (χ2v) is 9.53. The van der Waals surface area contributed by atoms with Crippen molar-refractivity contribution in [2.75, 3.05) is 0 Å². The van der Waals surface area contributed by atoms with E-state index in [0.717, 1.165) is 12.8 Å². The predicted octanol–water partition coefficient (Wildman–Crippen LogP) is 9.27. The van der Waals surface area contributed by atoms with E-state index in [4.69, 9.17) is 0 Å². The molecule has 0 heteroatoms. The summed E-state index contributed by atoms with van der Waals surface area (Å²) in [4.78, 5) is 0. The molecule has 34 heavy (non-hydrogen) atoms. The molecule has 1 aliphatic carbocycles. The number of hydrogen-bond donors (Lipinski definition) is 0. The van der Waals surface area contributed by atoms with Crippen molar-refractivity contribution in [3.05, 3.63) is 144 Å². The number of rotatable bonds is 4. The van der Waals surface area contributed by atoms with Crippen LogP contribution in [0.25, 0.3) is 22.3 Å². The van der Waals surface area contributed by atoms with Crippen LogP contribution < -0.4 is 0 Å². The third kappa shape index (κ3) is 4.54. The summed E-state index contributed by atoms with van der Waals surface area (Å²) in [6.45, 7) is 4.85. The molecule has 0 spiro atoms. The van der Waals surface area contributed by atoms with Gasteiger partial charge in [-0.05, 0) is 69.2 Å². The molecule has 0 aromatic heterocycles. The third-order valence-electron chi connectivity index (χ3n) is 7.25. The number of hydrogen-bond acceptors (Lipinski definition) is 0. The monoisotopic (exact) mass is 440 g/mol. The molecule has 0 aliphatic heterocycles. The van der Waals surface area contributed by atoms with Crippen LogP contribution in [-0.2, 0) is 0 Å². The summed E-state index contributed by atoms with van der Waals surface area (Å²) in [5.41, 5.74) is 10.8. The second-order valence-electron chi connectivity index (χ2n) is 9.53. The van der Waals surface area contributed by atoms with E-state index in [2.05, 4.69) is 135 Å². The first kappa shape index (κ1) is 22.2. The van der Waals surface area contributed by atoms with Gasteiger partial charge in [0.15, 0.2) is 0 Å². The smallest absolute Gasteiger partial charge is 0.00642 e. The molecular formula is C34H32. The fourth-order valence-corrected chi connectivity index (χ4v) is 5.20. The third-order valence-corrected chi connectivity index (χ3v) is 7.25. The van der Waals surface area contributed by atoms with Crippen molar-refractivity contribution in [3.8, 4) is 0 Å². The first-order chi connectivity index (χ1) is 16.7. The van der Waals surface area contributed by atoms with Gasteiger partial charge in [-0.2, -0.15) is 0 Å². The number of allylic oxidation sites excluding steroid dienone is 4. The molecule has 0 fully saturated rings. The standard InChI is InChI=1S/C34H32/c1-25-23-31(27-15-7-3-8-16-27)33(29-19-11-5-12-20-29)34(30-21-13-6-14-22-30)32(24-26(25)2)28-17-9-4-10-18-28/h3-22,25-26H,23-24H2,1-2H3/b33-31+,34-32+/t25-,26-/m0/s1. The molecule has 0 saturated carbocycles. The highest BCUT2D eigenvalue weighted by molar-refractivity contribution is 6.21. The van der Waals surface area contributed by atoms with Gasteiger partial charge < -0.3 is 0 Å². The van der Waals surface area contributed by atoms with Crippen LogP contribution in [0.2, 0.25) is 0 Å². The summed E-state index contributed by atoms with van der Waals surface area (Å²) >= 11 is 0. The minimum atomic E-state index is 0.574. The maximum atomic E-state index is 2.42. The fraction of sp³-hybridized carbons (Fsp3) is 0.176. The Labute approximate surface area is 204 Å². The second kappa shape index (κ2) is 10.1. The highest BCUT2D eigenvalue weighted by Crippen LogP contribution is 2.48. The molecule has 2 atom stereocenters. The average molecular weight is 441 g/mol. The number of benzene rings is 4. The molecule has 0 heterocycles. The molecule has 0 bridgehead atoms. The van der Waals surface area contributed by atoms with Crippen molar-refractivity contribution in [1.82, 2.24) is 0 Å². The average Bonchev–Trinajstić information content (AvgIpc) is 2.90. The van der Waals surface area contributed by atoms with Gasteiger partial charge in [0.1, 0.15) is 0 Å². The zero-order valence-corrected chi connectivity index (χ0v) is 20.1. The molecule has 1 aliphatic rings. The highest BCUT2D eigenvalue weighted by Gasteiger charge is 2.28. The Morgan fingerprint density at radius 3 is 0.941 bits per heavy atom. The van der Waals surface area contributed by atoms with E-state index < -0.39 is 0 Å². The van der Waals surface area contributed by atoms with Gasteiger partial charge in [0.25, 0.3) is 0 Å². The van der Waals surface area contributed by atoms with E-state index in [-0.39, 0.29) is 0 Å². The molecule has 0 amide bonds. The van der Waals surface area contributed by atoms with Gasteiger partial charge in [0, 0.05) is 0 Å². The van der Waals surface area contributed by atoms with Crippen molar-refractivity contribution < 1.29 is 0 Å². The molecular weight excluding hydrogens is 408 g/mol. The van der Waals surface area contributed by atoms with Gasteiger partial charge in [-0.1, -0.05) is 135 Å². The van der Waals surface area contributed by atoms with Crippen LogP contribution in [0.5, 0.6) is 0 Å². The van der Waals surface area contributed by atoms with Gasteiger partial charge in [-0.25, -0.2) is 0 Å². The Hall–Kier alpha value is -3.64. The van der Waals surface area contributed by atoms with E-state index >= 15 is 0 Å². The zero-order valence-electron chi connectivity index (χ0n) is 20.1. The van der Waals surface area contributed by atoms with Crippen molar-refractivity contribution in [1.29, 1.82) is 0 Å². The first-order valence-electron chi connectivity index (χ1n) is 12.4. The minimum Gasteiger partial charge on any atom is -0.0622 e. The molecule has 4 aromatic rings. The molecule has 4 aromatic carbocycles. The lowest BCUT2D eigenvalue weighted by Crippen LogP contribution is -2.14. The van der Waals surface area contributed by atoms with E-state index in [1.807, 2.05) is 0 Å². The molecule has 0 saturated heterocycles. The van der Waals surface area contributed by atoms with Crippen molar-refractivity contribution in [2.45, 2.75) is 26.7 Å². The predicted molar refractivity (Wildman–Crippen MR) is 147 cm³/mol. The van der Waals surface area contributed by atoms with Crippen LogP contribution in [0.4, 0.5) is 0 Å². The summed E-state index contributed by atoms with van der Waals surface area (Å²) in [6.07, 6.45) is 2.13. The fourth-order valence-electron chi connectivity index (χ4n) is 5.20. The normalized spacial score (nSPS) is 23.2. The quantitative estimate of drug-likeness (QED) is 0.296. The zero-order chi connectivity index (χ0) is 23.3. The SMILES string of the molecule is C[C@H]1C/C(c2ccccc2)=C(c2ccccc2)\C(c2ccccc2)=C(\c2ccccc2)C[C@@H]1C. The van der Waals surface area contributed by atoms with Crippen molar-refractivity contribution >= 4 is 22.3 Å². The van der Waals surface area contributed by atoms with Crippen LogP contribution in [0.1, 0.15) is 48.9 Å². The summed E-state index contributed by atoms with van der Waals surface area (Å²) in [5, 5.41) is 0.